The number of hydrogen-bond donors (Lipinski definition) is 1. The summed E-state index contributed by atoms with van der Waals surface area (Å²) in [6, 6.07) is 5.65. The highest BCUT2D eigenvalue weighted by Gasteiger charge is 2.19. The summed E-state index contributed by atoms with van der Waals surface area (Å²) in [7, 11) is -3.14. The van der Waals surface area contributed by atoms with E-state index < -0.39 is 9.84 Å². The van der Waals surface area contributed by atoms with Gasteiger partial charge in [0.1, 0.15) is 0 Å². The molecule has 1 heterocycles. The minimum Gasteiger partial charge on any atom is -0.317 e. The van der Waals surface area contributed by atoms with E-state index in [2.05, 4.69) is 11.4 Å². The van der Waals surface area contributed by atoms with Crippen LogP contribution in [0.25, 0.3) is 0 Å². The Morgan fingerprint density at radius 1 is 1.32 bits per heavy atom. The highest BCUT2D eigenvalue weighted by atomic mass is 32.2. The molecule has 1 saturated heterocycles. The zero-order chi connectivity index (χ0) is 13.9. The van der Waals surface area contributed by atoms with Crippen LogP contribution in [0.15, 0.2) is 28.0 Å². The van der Waals surface area contributed by atoms with Crippen molar-refractivity contribution in [1.82, 2.24) is 5.32 Å². The van der Waals surface area contributed by atoms with Crippen LogP contribution in [0.1, 0.15) is 18.4 Å². The van der Waals surface area contributed by atoms with E-state index in [0.717, 1.165) is 24.4 Å². The van der Waals surface area contributed by atoms with E-state index >= 15 is 0 Å². The summed E-state index contributed by atoms with van der Waals surface area (Å²) >= 11 is 1.54. The van der Waals surface area contributed by atoms with Crippen LogP contribution in [-0.2, 0) is 16.3 Å². The summed E-state index contributed by atoms with van der Waals surface area (Å²) in [5.41, 5.74) is 1.18. The second-order valence-corrected chi connectivity index (χ2v) is 7.92. The van der Waals surface area contributed by atoms with Crippen LogP contribution in [0.2, 0.25) is 0 Å². The number of hydrogen-bond acceptors (Lipinski definition) is 4. The minimum atomic E-state index is -3.14. The molecule has 0 aromatic heterocycles. The lowest BCUT2D eigenvalue weighted by molar-refractivity contribution is 0.371. The Morgan fingerprint density at radius 2 is 2.00 bits per heavy atom. The Bertz CT molecular complexity index is 534. The van der Waals surface area contributed by atoms with Crippen molar-refractivity contribution in [2.75, 3.05) is 25.6 Å². The van der Waals surface area contributed by atoms with Crippen LogP contribution < -0.4 is 5.32 Å². The van der Waals surface area contributed by atoms with Gasteiger partial charge in [0, 0.05) is 11.2 Å². The molecule has 1 N–H and O–H groups in total. The molecule has 0 spiro atoms. The molecule has 106 valence electrons. The Hall–Kier alpha value is -0.520. The van der Waals surface area contributed by atoms with Crippen LogP contribution in [0, 0.1) is 5.92 Å². The van der Waals surface area contributed by atoms with Crippen molar-refractivity contribution in [1.29, 1.82) is 0 Å². The maximum Gasteiger partial charge on any atom is 0.176 e. The van der Waals surface area contributed by atoms with Gasteiger partial charge >= 0.3 is 0 Å². The number of thioether (sulfide) groups is 1. The van der Waals surface area contributed by atoms with Gasteiger partial charge < -0.3 is 5.32 Å². The smallest absolute Gasteiger partial charge is 0.176 e. The van der Waals surface area contributed by atoms with E-state index in [1.807, 2.05) is 12.3 Å². The molecule has 0 unspecified atom stereocenters. The predicted molar refractivity (Wildman–Crippen MR) is 80.6 cm³/mol. The fraction of sp³-hybridized carbons (Fsp3) is 0.571. The van der Waals surface area contributed by atoms with Gasteiger partial charge in [-0.1, -0.05) is 12.1 Å². The van der Waals surface area contributed by atoms with Gasteiger partial charge in [-0.25, -0.2) is 8.42 Å². The molecule has 0 saturated carbocycles. The first-order valence-corrected chi connectivity index (χ1v) is 9.70. The predicted octanol–water partition coefficient (Wildman–Crippen LogP) is 2.35. The van der Waals surface area contributed by atoms with Gasteiger partial charge in [0.05, 0.1) is 4.90 Å². The zero-order valence-electron chi connectivity index (χ0n) is 11.5. The van der Waals surface area contributed by atoms with Crippen LogP contribution in [-0.4, -0.2) is 34.0 Å². The van der Waals surface area contributed by atoms with E-state index in [4.69, 9.17) is 0 Å². The summed E-state index contributed by atoms with van der Waals surface area (Å²) in [6.45, 7) is 2.15. The van der Waals surface area contributed by atoms with Crippen LogP contribution >= 0.6 is 11.8 Å². The van der Waals surface area contributed by atoms with E-state index in [1.165, 1.54) is 24.7 Å². The third kappa shape index (κ3) is 3.74. The molecular weight excluding hydrogens is 278 g/mol. The molecule has 0 aliphatic carbocycles. The van der Waals surface area contributed by atoms with Gasteiger partial charge in [0.25, 0.3) is 0 Å². The molecular formula is C14H21NO2S2. The molecule has 3 nitrogen and oxygen atoms in total. The normalized spacial score (nSPS) is 17.6. The van der Waals surface area contributed by atoms with Gasteiger partial charge in [-0.15, -0.1) is 11.8 Å². The molecule has 0 amide bonds. The largest absolute Gasteiger partial charge is 0.317 e. The lowest BCUT2D eigenvalue weighted by Crippen LogP contribution is -2.28. The number of sulfone groups is 1. The summed E-state index contributed by atoms with van der Waals surface area (Å²) in [6.07, 6.45) is 6.58. The SMILES string of the molecule is CSc1c(CC2CCNCC2)cccc1S(C)(=O)=O. The van der Waals surface area contributed by atoms with E-state index in [1.54, 1.807) is 17.8 Å². The van der Waals surface area contributed by atoms with E-state index in [-0.39, 0.29) is 0 Å². The van der Waals surface area contributed by atoms with Gasteiger partial charge in [-0.05, 0) is 56.2 Å². The fourth-order valence-electron chi connectivity index (χ4n) is 2.64. The van der Waals surface area contributed by atoms with E-state index in [0.29, 0.717) is 10.8 Å². The van der Waals surface area contributed by atoms with Crippen LogP contribution in [0.4, 0.5) is 0 Å². The van der Waals surface area contributed by atoms with Gasteiger partial charge in [0.2, 0.25) is 0 Å². The first kappa shape index (κ1) is 14.9. The average Bonchev–Trinajstić information content (AvgIpc) is 2.38. The molecule has 2 rings (SSSR count). The highest BCUT2D eigenvalue weighted by molar-refractivity contribution is 7.99. The standard InChI is InChI=1S/C14H21NO2S2/c1-18-14-12(10-11-6-8-15-9-7-11)4-3-5-13(14)19(2,16)17/h3-5,11,15H,6-10H2,1-2H3. The summed E-state index contributed by atoms with van der Waals surface area (Å²) in [5, 5.41) is 3.36. The molecule has 0 radical (unpaired) electrons. The number of rotatable bonds is 4. The quantitative estimate of drug-likeness (QED) is 0.867. The maximum absolute atomic E-state index is 11.8. The lowest BCUT2D eigenvalue weighted by atomic mass is 9.91. The zero-order valence-corrected chi connectivity index (χ0v) is 13.1. The number of benzene rings is 1. The van der Waals surface area contributed by atoms with Crippen molar-refractivity contribution in [3.8, 4) is 0 Å². The van der Waals surface area contributed by atoms with Crippen molar-refractivity contribution in [3.63, 3.8) is 0 Å². The van der Waals surface area contributed by atoms with Crippen molar-refractivity contribution in [3.05, 3.63) is 23.8 Å². The van der Waals surface area contributed by atoms with Gasteiger partial charge in [-0.2, -0.15) is 0 Å². The Kier molecular flexibility index (Phi) is 4.92. The van der Waals surface area contributed by atoms with Gasteiger partial charge in [-0.3, -0.25) is 0 Å². The topological polar surface area (TPSA) is 46.2 Å². The highest BCUT2D eigenvalue weighted by Crippen LogP contribution is 2.31. The Balaban J connectivity index is 2.29. The maximum atomic E-state index is 11.8. The number of nitrogens with one attached hydrogen (secondary N) is 1. The molecule has 0 bridgehead atoms. The lowest BCUT2D eigenvalue weighted by Gasteiger charge is -2.23. The Morgan fingerprint density at radius 3 is 2.58 bits per heavy atom. The third-order valence-corrected chi connectivity index (χ3v) is 5.79. The first-order valence-electron chi connectivity index (χ1n) is 6.59. The summed E-state index contributed by atoms with van der Waals surface area (Å²) in [5.74, 6) is 0.668. The van der Waals surface area contributed by atoms with Crippen molar-refractivity contribution >= 4 is 21.6 Å². The molecule has 1 aromatic rings. The molecule has 5 heteroatoms. The summed E-state index contributed by atoms with van der Waals surface area (Å²) < 4.78 is 23.7. The molecule has 19 heavy (non-hydrogen) atoms. The minimum absolute atomic E-state index is 0.478. The van der Waals surface area contributed by atoms with Crippen LogP contribution in [0.5, 0.6) is 0 Å². The molecule has 1 aliphatic heterocycles. The van der Waals surface area contributed by atoms with Gasteiger partial charge in [0.15, 0.2) is 9.84 Å². The average molecular weight is 299 g/mol. The monoisotopic (exact) mass is 299 g/mol. The van der Waals surface area contributed by atoms with Crippen molar-refractivity contribution < 1.29 is 8.42 Å². The fourth-order valence-corrected chi connectivity index (χ4v) is 4.82. The van der Waals surface area contributed by atoms with Crippen LogP contribution in [0.3, 0.4) is 0 Å². The van der Waals surface area contributed by atoms with Crippen molar-refractivity contribution in [2.24, 2.45) is 5.92 Å². The molecule has 1 fully saturated rings. The Labute approximate surface area is 120 Å². The van der Waals surface area contributed by atoms with E-state index in [9.17, 15) is 8.42 Å². The first-order chi connectivity index (χ1) is 9.02. The van der Waals surface area contributed by atoms with Crippen molar-refractivity contribution in [2.45, 2.75) is 29.1 Å². The summed E-state index contributed by atoms with van der Waals surface area (Å²) in [4.78, 5) is 1.41. The second kappa shape index (κ2) is 6.29. The second-order valence-electron chi connectivity index (χ2n) is 5.12. The third-order valence-electron chi connectivity index (χ3n) is 3.63. The molecule has 0 atom stereocenters. The molecule has 1 aromatic carbocycles. The molecule has 1 aliphatic rings. The number of piperidine rings is 1.